The number of rotatable bonds is 7. The van der Waals surface area contributed by atoms with Gasteiger partial charge in [0.25, 0.3) is 11.8 Å². The number of fused-ring (bicyclic) bond motifs is 1. The number of benzene rings is 1. The summed E-state index contributed by atoms with van der Waals surface area (Å²) < 4.78 is 7.08. The number of carbonyl (C=O) groups is 2. The molecule has 7 heteroatoms. The molecule has 0 saturated heterocycles. The summed E-state index contributed by atoms with van der Waals surface area (Å²) in [6, 6.07) is 11.0. The molecule has 2 N–H and O–H groups in total. The zero-order valence-corrected chi connectivity index (χ0v) is 19.7. The average Bonchev–Trinajstić information content (AvgIpc) is 3.13. The second kappa shape index (κ2) is 9.53. The van der Waals surface area contributed by atoms with Gasteiger partial charge >= 0.3 is 0 Å². The van der Waals surface area contributed by atoms with E-state index in [1.54, 1.807) is 13.2 Å². The van der Waals surface area contributed by atoms with E-state index in [0.717, 1.165) is 11.8 Å². The van der Waals surface area contributed by atoms with Gasteiger partial charge < -0.3 is 19.9 Å². The van der Waals surface area contributed by atoms with Crippen molar-refractivity contribution in [1.82, 2.24) is 14.9 Å². The summed E-state index contributed by atoms with van der Waals surface area (Å²) in [6.45, 7) is 10.5. The van der Waals surface area contributed by atoms with Crippen LogP contribution in [0, 0.1) is 0 Å². The van der Waals surface area contributed by atoms with Crippen molar-refractivity contribution in [3.8, 4) is 0 Å². The van der Waals surface area contributed by atoms with Crippen LogP contribution in [0.3, 0.4) is 0 Å². The van der Waals surface area contributed by atoms with E-state index in [2.05, 4.69) is 22.5 Å². The Labute approximate surface area is 189 Å². The molecule has 170 valence electrons. The molecule has 1 aromatic carbocycles. The summed E-state index contributed by atoms with van der Waals surface area (Å²) in [5.41, 5.74) is 2.62. The minimum Gasteiger partial charge on any atom is -0.383 e. The Balaban J connectivity index is 1.94. The molecule has 0 aliphatic rings. The highest BCUT2D eigenvalue weighted by Gasteiger charge is 2.24. The second-order valence-electron chi connectivity index (χ2n) is 8.99. The van der Waals surface area contributed by atoms with Gasteiger partial charge in [-0.25, -0.2) is 4.98 Å². The van der Waals surface area contributed by atoms with E-state index in [0.29, 0.717) is 29.2 Å². The third-order valence-electron chi connectivity index (χ3n) is 5.28. The number of aromatic nitrogens is 2. The maximum Gasteiger partial charge on any atom is 0.256 e. The lowest BCUT2D eigenvalue weighted by Crippen LogP contribution is -2.35. The lowest BCUT2D eigenvalue weighted by molar-refractivity contribution is 0.0906. The van der Waals surface area contributed by atoms with Crippen molar-refractivity contribution in [1.29, 1.82) is 0 Å². The molecule has 0 saturated carbocycles. The van der Waals surface area contributed by atoms with Crippen molar-refractivity contribution in [3.05, 3.63) is 59.3 Å². The van der Waals surface area contributed by atoms with E-state index >= 15 is 0 Å². The van der Waals surface area contributed by atoms with Gasteiger partial charge in [0, 0.05) is 35.8 Å². The van der Waals surface area contributed by atoms with Gasteiger partial charge in [0.05, 0.1) is 12.2 Å². The standard InChI is InChI=1S/C25H32N4O3/c1-7-17-8-10-18(11-9-17)23(30)28-21-13-12-19-20(24(31)26-16(2)15-32-6)14-29(22(19)27-21)25(3,4)5/h8-14,16H,7,15H2,1-6H3,(H,26,31)(H,27,28,30). The first-order valence-electron chi connectivity index (χ1n) is 10.9. The number of carbonyl (C=O) groups excluding carboxylic acids is 2. The van der Waals surface area contributed by atoms with Crippen molar-refractivity contribution in [2.75, 3.05) is 19.0 Å². The van der Waals surface area contributed by atoms with Crippen LogP contribution in [0.1, 0.15) is 60.9 Å². The Morgan fingerprint density at radius 2 is 1.78 bits per heavy atom. The molecule has 0 spiro atoms. The number of anilines is 1. The Bertz CT molecular complexity index is 1110. The minimum atomic E-state index is -0.305. The summed E-state index contributed by atoms with van der Waals surface area (Å²) in [4.78, 5) is 30.3. The van der Waals surface area contributed by atoms with Gasteiger partial charge in [-0.3, -0.25) is 9.59 Å². The fourth-order valence-corrected chi connectivity index (χ4v) is 3.54. The van der Waals surface area contributed by atoms with Crippen LogP contribution >= 0.6 is 0 Å². The normalized spacial score (nSPS) is 12.6. The fourth-order valence-electron chi connectivity index (χ4n) is 3.54. The molecule has 2 heterocycles. The summed E-state index contributed by atoms with van der Waals surface area (Å²) >= 11 is 0. The second-order valence-corrected chi connectivity index (χ2v) is 8.99. The van der Waals surface area contributed by atoms with Gasteiger partial charge in [-0.15, -0.1) is 0 Å². The average molecular weight is 437 g/mol. The fraction of sp³-hybridized carbons (Fsp3) is 0.400. The summed E-state index contributed by atoms with van der Waals surface area (Å²) in [6.07, 6.45) is 2.74. The third kappa shape index (κ3) is 5.16. The van der Waals surface area contributed by atoms with Crippen molar-refractivity contribution in [2.45, 2.75) is 52.6 Å². The predicted octanol–water partition coefficient (Wildman–Crippen LogP) is 4.37. The Kier molecular flexibility index (Phi) is 6.99. The first-order valence-corrected chi connectivity index (χ1v) is 10.9. The van der Waals surface area contributed by atoms with Crippen LogP contribution in [0.25, 0.3) is 11.0 Å². The van der Waals surface area contributed by atoms with Gasteiger partial charge in [-0.05, 0) is 63.9 Å². The number of aryl methyl sites for hydroxylation is 1. The Hall–Kier alpha value is -3.19. The molecule has 0 bridgehead atoms. The number of amides is 2. The van der Waals surface area contributed by atoms with E-state index in [-0.39, 0.29) is 23.4 Å². The van der Waals surface area contributed by atoms with Gasteiger partial charge in [-0.1, -0.05) is 19.1 Å². The van der Waals surface area contributed by atoms with Crippen LogP contribution in [0.4, 0.5) is 5.82 Å². The zero-order chi connectivity index (χ0) is 23.5. The molecule has 0 fully saturated rings. The Morgan fingerprint density at radius 3 is 2.38 bits per heavy atom. The van der Waals surface area contributed by atoms with Crippen LogP contribution in [-0.4, -0.2) is 41.1 Å². The number of pyridine rings is 1. The summed E-state index contributed by atoms with van der Waals surface area (Å²) in [5.74, 6) is 0.0299. The van der Waals surface area contributed by atoms with Gasteiger partial charge in [0.1, 0.15) is 11.5 Å². The molecule has 0 aliphatic heterocycles. The topological polar surface area (TPSA) is 85.3 Å². The quantitative estimate of drug-likeness (QED) is 0.576. The Morgan fingerprint density at radius 1 is 1.09 bits per heavy atom. The number of nitrogens with zero attached hydrogens (tertiary/aromatic N) is 2. The lowest BCUT2D eigenvalue weighted by Gasteiger charge is -2.22. The summed E-state index contributed by atoms with van der Waals surface area (Å²) in [7, 11) is 1.60. The molecule has 0 aliphatic carbocycles. The van der Waals surface area contributed by atoms with Crippen LogP contribution in [0.5, 0.6) is 0 Å². The van der Waals surface area contributed by atoms with Crippen LogP contribution < -0.4 is 10.6 Å². The smallest absolute Gasteiger partial charge is 0.256 e. The number of methoxy groups -OCH3 is 1. The lowest BCUT2D eigenvalue weighted by atomic mass is 10.1. The first-order chi connectivity index (χ1) is 15.1. The number of hydrogen-bond acceptors (Lipinski definition) is 4. The van der Waals surface area contributed by atoms with Gasteiger partial charge in [-0.2, -0.15) is 0 Å². The van der Waals surface area contributed by atoms with Crippen LogP contribution in [0.2, 0.25) is 0 Å². The van der Waals surface area contributed by atoms with E-state index in [9.17, 15) is 9.59 Å². The van der Waals surface area contributed by atoms with Crippen molar-refractivity contribution < 1.29 is 14.3 Å². The minimum absolute atomic E-state index is 0.119. The highest BCUT2D eigenvalue weighted by Crippen LogP contribution is 2.28. The molecule has 2 amide bonds. The molecule has 1 unspecified atom stereocenters. The van der Waals surface area contributed by atoms with Crippen LogP contribution in [-0.2, 0) is 16.7 Å². The monoisotopic (exact) mass is 436 g/mol. The predicted molar refractivity (Wildman–Crippen MR) is 127 cm³/mol. The van der Waals surface area contributed by atoms with Crippen molar-refractivity contribution >= 4 is 28.7 Å². The van der Waals surface area contributed by atoms with Gasteiger partial charge in [0.2, 0.25) is 0 Å². The van der Waals surface area contributed by atoms with Crippen molar-refractivity contribution in [3.63, 3.8) is 0 Å². The number of hydrogen-bond donors (Lipinski definition) is 2. The van der Waals surface area contributed by atoms with E-state index < -0.39 is 0 Å². The molecule has 3 aromatic rings. The SMILES string of the molecule is CCc1ccc(C(=O)Nc2ccc3c(C(=O)NC(C)COC)cn(C(C)(C)C)c3n2)cc1. The number of nitrogens with one attached hydrogen (secondary N) is 2. The molecule has 2 aromatic heterocycles. The molecular weight excluding hydrogens is 404 g/mol. The highest BCUT2D eigenvalue weighted by molar-refractivity contribution is 6.08. The highest BCUT2D eigenvalue weighted by atomic mass is 16.5. The zero-order valence-electron chi connectivity index (χ0n) is 19.7. The van der Waals surface area contributed by atoms with Gasteiger partial charge in [0.15, 0.2) is 0 Å². The maximum atomic E-state index is 12.9. The van der Waals surface area contributed by atoms with E-state index in [1.807, 2.05) is 68.8 Å². The largest absolute Gasteiger partial charge is 0.383 e. The van der Waals surface area contributed by atoms with Crippen molar-refractivity contribution in [2.24, 2.45) is 0 Å². The summed E-state index contributed by atoms with van der Waals surface area (Å²) in [5, 5.41) is 6.56. The molecule has 3 rings (SSSR count). The van der Waals surface area contributed by atoms with E-state index in [4.69, 9.17) is 4.74 Å². The number of ether oxygens (including phenoxy) is 1. The van der Waals surface area contributed by atoms with E-state index in [1.165, 1.54) is 5.56 Å². The first kappa shape index (κ1) is 23.5. The molecule has 0 radical (unpaired) electrons. The third-order valence-corrected chi connectivity index (χ3v) is 5.28. The molecular formula is C25H32N4O3. The molecule has 32 heavy (non-hydrogen) atoms. The molecule has 7 nitrogen and oxygen atoms in total. The molecule has 1 atom stereocenters. The van der Waals surface area contributed by atoms with Crippen LogP contribution in [0.15, 0.2) is 42.6 Å². The maximum absolute atomic E-state index is 12.9.